The maximum atomic E-state index is 13.3. The number of carbonyl (C=O) groups is 1. The number of rotatable bonds is 7. The van der Waals surface area contributed by atoms with E-state index in [2.05, 4.69) is 26.1 Å². The molecular weight excluding hydrogens is 408 g/mol. The molecule has 0 unspecified atom stereocenters. The van der Waals surface area contributed by atoms with Gasteiger partial charge in [0.05, 0.1) is 10.6 Å². The summed E-state index contributed by atoms with van der Waals surface area (Å²) < 4.78 is 27.6. The normalized spacial score (nSPS) is 12.5. The van der Waals surface area contributed by atoms with Crippen LogP contribution in [0.15, 0.2) is 59.5 Å². The minimum absolute atomic E-state index is 0.0166. The topological polar surface area (TPSA) is 66.5 Å². The third-order valence-corrected chi connectivity index (χ3v) is 6.22. The lowest BCUT2D eigenvalue weighted by atomic mass is 9.82. The first kappa shape index (κ1) is 23.2. The van der Waals surface area contributed by atoms with Crippen molar-refractivity contribution in [3.05, 3.63) is 59.6 Å². The highest BCUT2D eigenvalue weighted by molar-refractivity contribution is 7.92. The van der Waals surface area contributed by atoms with Crippen LogP contribution < -0.4 is 9.62 Å². The number of hydrogen-bond donors (Lipinski definition) is 1. The van der Waals surface area contributed by atoms with Gasteiger partial charge in [-0.05, 0) is 62.1 Å². The fourth-order valence-corrected chi connectivity index (χ4v) is 5.13. The third-order valence-electron chi connectivity index (χ3n) is 4.18. The van der Waals surface area contributed by atoms with Gasteiger partial charge in [0.25, 0.3) is 10.0 Å². The first-order valence-corrected chi connectivity index (χ1v) is 11.3. The number of sulfonamides is 1. The van der Waals surface area contributed by atoms with E-state index < -0.39 is 15.6 Å². The first-order valence-electron chi connectivity index (χ1n) is 9.45. The molecule has 0 radical (unpaired) electrons. The number of nitrogens with zero attached hydrogens (tertiary/aromatic N) is 1. The fourth-order valence-electron chi connectivity index (χ4n) is 3.56. The lowest BCUT2D eigenvalue weighted by Crippen LogP contribution is -2.50. The molecule has 1 N–H and O–H groups in total. The van der Waals surface area contributed by atoms with E-state index in [-0.39, 0.29) is 22.8 Å². The molecular formula is C22H29ClN2O3S. The van der Waals surface area contributed by atoms with E-state index in [1.807, 2.05) is 13.8 Å². The number of hydrogen-bond acceptors (Lipinski definition) is 3. The van der Waals surface area contributed by atoms with E-state index in [0.29, 0.717) is 10.7 Å². The summed E-state index contributed by atoms with van der Waals surface area (Å²) in [6.45, 7) is 9.84. The van der Waals surface area contributed by atoms with Crippen molar-refractivity contribution in [1.82, 2.24) is 5.32 Å². The van der Waals surface area contributed by atoms with Gasteiger partial charge in [0.2, 0.25) is 5.91 Å². The van der Waals surface area contributed by atoms with Crippen molar-refractivity contribution in [2.75, 3.05) is 10.8 Å². The van der Waals surface area contributed by atoms with Gasteiger partial charge in [-0.3, -0.25) is 9.10 Å². The average Bonchev–Trinajstić information content (AvgIpc) is 2.58. The second kappa shape index (κ2) is 8.76. The zero-order valence-electron chi connectivity index (χ0n) is 17.6. The van der Waals surface area contributed by atoms with Gasteiger partial charge in [0, 0.05) is 10.6 Å². The molecule has 2 aromatic rings. The molecule has 0 aliphatic carbocycles. The van der Waals surface area contributed by atoms with Crippen LogP contribution >= 0.6 is 11.6 Å². The Labute approximate surface area is 179 Å². The van der Waals surface area contributed by atoms with Crippen molar-refractivity contribution in [3.63, 3.8) is 0 Å². The summed E-state index contributed by atoms with van der Waals surface area (Å²) in [6.07, 6.45) is 0.748. The summed E-state index contributed by atoms with van der Waals surface area (Å²) in [6, 6.07) is 14.5. The van der Waals surface area contributed by atoms with Gasteiger partial charge in [0.15, 0.2) is 0 Å². The molecule has 5 nitrogen and oxygen atoms in total. The molecule has 0 bridgehead atoms. The maximum absolute atomic E-state index is 13.3. The summed E-state index contributed by atoms with van der Waals surface area (Å²) in [5.41, 5.74) is -0.0812. The van der Waals surface area contributed by atoms with Crippen LogP contribution in [0.5, 0.6) is 0 Å². The fraction of sp³-hybridized carbons (Fsp3) is 0.409. The molecule has 7 heteroatoms. The largest absolute Gasteiger partial charge is 0.350 e. The molecule has 0 atom stereocenters. The van der Waals surface area contributed by atoms with Gasteiger partial charge >= 0.3 is 0 Å². The van der Waals surface area contributed by atoms with Crippen LogP contribution in [0.4, 0.5) is 5.69 Å². The third kappa shape index (κ3) is 6.75. The second-order valence-corrected chi connectivity index (χ2v) is 11.3. The first-order chi connectivity index (χ1) is 13.3. The summed E-state index contributed by atoms with van der Waals surface area (Å²) in [5, 5.41) is 3.46. The van der Waals surface area contributed by atoms with Gasteiger partial charge in [-0.1, -0.05) is 50.6 Å². The molecule has 0 aliphatic rings. The smallest absolute Gasteiger partial charge is 0.264 e. The summed E-state index contributed by atoms with van der Waals surface area (Å²) >= 11 is 5.95. The molecule has 0 saturated heterocycles. The maximum Gasteiger partial charge on any atom is 0.264 e. The Morgan fingerprint density at radius 1 is 0.966 bits per heavy atom. The van der Waals surface area contributed by atoms with E-state index in [1.165, 1.54) is 12.1 Å². The Bertz CT molecular complexity index is 934. The molecule has 29 heavy (non-hydrogen) atoms. The van der Waals surface area contributed by atoms with Crippen LogP contribution in [-0.4, -0.2) is 26.4 Å². The number of anilines is 1. The van der Waals surface area contributed by atoms with Gasteiger partial charge in [-0.25, -0.2) is 8.42 Å². The molecule has 0 heterocycles. The number of halogens is 1. The molecule has 1 amide bonds. The van der Waals surface area contributed by atoms with E-state index in [4.69, 9.17) is 11.6 Å². The lowest BCUT2D eigenvalue weighted by molar-refractivity contribution is -0.121. The predicted octanol–water partition coefficient (Wildman–Crippen LogP) is 4.87. The Hall–Kier alpha value is -2.05. The Kier molecular flexibility index (Phi) is 7.01. The van der Waals surface area contributed by atoms with Crippen LogP contribution in [-0.2, 0) is 14.8 Å². The molecule has 0 aliphatic heterocycles. The monoisotopic (exact) mass is 436 g/mol. The molecule has 0 fully saturated rings. The van der Waals surface area contributed by atoms with E-state index in [9.17, 15) is 13.2 Å². The van der Waals surface area contributed by atoms with Crippen molar-refractivity contribution in [1.29, 1.82) is 0 Å². The minimum Gasteiger partial charge on any atom is -0.350 e. The highest BCUT2D eigenvalue weighted by Gasteiger charge is 2.31. The van der Waals surface area contributed by atoms with Crippen molar-refractivity contribution < 1.29 is 13.2 Å². The van der Waals surface area contributed by atoms with Gasteiger partial charge < -0.3 is 5.32 Å². The Morgan fingerprint density at radius 3 is 2.03 bits per heavy atom. The lowest BCUT2D eigenvalue weighted by Gasteiger charge is -2.34. The van der Waals surface area contributed by atoms with Crippen LogP contribution in [0.1, 0.15) is 41.0 Å². The highest BCUT2D eigenvalue weighted by atomic mass is 35.5. The van der Waals surface area contributed by atoms with Gasteiger partial charge in [-0.2, -0.15) is 0 Å². The summed E-state index contributed by atoms with van der Waals surface area (Å²) in [4.78, 5) is 13.0. The molecule has 2 rings (SSSR count). The number of carbonyl (C=O) groups excluding carboxylic acids is 1. The summed E-state index contributed by atoms with van der Waals surface area (Å²) in [7, 11) is -3.92. The van der Waals surface area contributed by atoms with E-state index >= 15 is 0 Å². The molecule has 0 saturated carbocycles. The SMILES string of the molecule is CC(C)(C)CC(C)(C)NC(=O)CN(c1ccc(Cl)cc1)S(=O)(=O)c1ccccc1. The zero-order valence-corrected chi connectivity index (χ0v) is 19.1. The van der Waals surface area contributed by atoms with Crippen LogP contribution in [0.2, 0.25) is 5.02 Å². The minimum atomic E-state index is -3.92. The molecule has 0 spiro atoms. The predicted molar refractivity (Wildman–Crippen MR) is 119 cm³/mol. The van der Waals surface area contributed by atoms with Crippen molar-refractivity contribution in [2.24, 2.45) is 5.41 Å². The molecule has 0 aromatic heterocycles. The molecule has 158 valence electrons. The van der Waals surface area contributed by atoms with Crippen molar-refractivity contribution >= 4 is 33.2 Å². The van der Waals surface area contributed by atoms with E-state index in [0.717, 1.165) is 10.7 Å². The second-order valence-electron chi connectivity index (χ2n) is 8.97. The quantitative estimate of drug-likeness (QED) is 0.673. The Morgan fingerprint density at radius 2 is 1.52 bits per heavy atom. The van der Waals surface area contributed by atoms with Crippen molar-refractivity contribution in [3.8, 4) is 0 Å². The number of benzene rings is 2. The Balaban J connectivity index is 2.34. The molecule has 2 aromatic carbocycles. The van der Waals surface area contributed by atoms with E-state index in [1.54, 1.807) is 42.5 Å². The average molecular weight is 437 g/mol. The highest BCUT2D eigenvalue weighted by Crippen LogP contribution is 2.28. The standard InChI is InChI=1S/C22H29ClN2O3S/c1-21(2,3)16-22(4,5)24-20(26)15-25(18-13-11-17(23)12-14-18)29(27,28)19-9-7-6-8-10-19/h6-14H,15-16H2,1-5H3,(H,24,26). The van der Waals surface area contributed by atoms with Crippen molar-refractivity contribution in [2.45, 2.75) is 51.5 Å². The van der Waals surface area contributed by atoms with Crippen LogP contribution in [0, 0.1) is 5.41 Å². The van der Waals surface area contributed by atoms with Crippen LogP contribution in [0.25, 0.3) is 0 Å². The zero-order chi connectivity index (χ0) is 21.9. The number of amides is 1. The van der Waals surface area contributed by atoms with Gasteiger partial charge in [0.1, 0.15) is 6.54 Å². The van der Waals surface area contributed by atoms with Crippen LogP contribution in [0.3, 0.4) is 0 Å². The summed E-state index contributed by atoms with van der Waals surface area (Å²) in [5.74, 6) is -0.367. The van der Waals surface area contributed by atoms with Gasteiger partial charge in [-0.15, -0.1) is 0 Å². The number of nitrogens with one attached hydrogen (secondary N) is 1.